The topological polar surface area (TPSA) is 80.4 Å². The van der Waals surface area contributed by atoms with E-state index < -0.39 is 15.9 Å². The number of anilines is 1. The molecule has 1 fully saturated rings. The minimum atomic E-state index is -3.11. The van der Waals surface area contributed by atoms with Crippen molar-refractivity contribution in [3.63, 3.8) is 0 Å². The fourth-order valence-corrected chi connectivity index (χ4v) is 5.63. The Balaban J connectivity index is 2.17. The molecule has 0 bridgehead atoms. The van der Waals surface area contributed by atoms with E-state index in [1.807, 2.05) is 12.1 Å². The van der Waals surface area contributed by atoms with Crippen molar-refractivity contribution in [2.24, 2.45) is 0 Å². The van der Waals surface area contributed by atoms with Crippen LogP contribution in [-0.4, -0.2) is 36.4 Å². The van der Waals surface area contributed by atoms with Gasteiger partial charge in [0.15, 0.2) is 9.84 Å². The van der Waals surface area contributed by atoms with Crippen LogP contribution in [0, 0.1) is 0 Å². The van der Waals surface area contributed by atoms with Crippen LogP contribution in [0.1, 0.15) is 0 Å². The van der Waals surface area contributed by atoms with Crippen molar-refractivity contribution in [2.45, 2.75) is 16.2 Å². The summed E-state index contributed by atoms with van der Waals surface area (Å²) in [7, 11) is -3.11. The van der Waals surface area contributed by atoms with Crippen molar-refractivity contribution in [1.82, 2.24) is 0 Å². The minimum Gasteiger partial charge on any atom is -0.398 e. The first kappa shape index (κ1) is 13.2. The van der Waals surface area contributed by atoms with Crippen molar-refractivity contribution >= 4 is 43.2 Å². The van der Waals surface area contributed by atoms with E-state index in [-0.39, 0.29) is 16.8 Å². The minimum absolute atomic E-state index is 0.00827. The molecular formula is C10H12BrNO3S2. The molecule has 0 saturated carbocycles. The fourth-order valence-electron chi connectivity index (χ4n) is 1.70. The Hall–Kier alpha value is -0.240. The average Bonchev–Trinajstić information content (AvgIpc) is 2.44. The molecule has 0 amide bonds. The van der Waals surface area contributed by atoms with Crippen LogP contribution in [0.25, 0.3) is 0 Å². The summed E-state index contributed by atoms with van der Waals surface area (Å²) >= 11 is 4.63. The lowest BCUT2D eigenvalue weighted by atomic mass is 10.3. The zero-order valence-corrected chi connectivity index (χ0v) is 12.1. The predicted molar refractivity (Wildman–Crippen MR) is 72.9 cm³/mol. The zero-order chi connectivity index (χ0) is 12.6. The molecule has 1 heterocycles. The second kappa shape index (κ2) is 4.79. The van der Waals surface area contributed by atoms with Crippen LogP contribution in [0.3, 0.4) is 0 Å². The van der Waals surface area contributed by atoms with E-state index in [4.69, 9.17) is 5.73 Å². The van der Waals surface area contributed by atoms with Gasteiger partial charge in [-0.3, -0.25) is 0 Å². The van der Waals surface area contributed by atoms with E-state index in [1.165, 1.54) is 11.8 Å². The van der Waals surface area contributed by atoms with Crippen molar-refractivity contribution in [2.75, 3.05) is 17.2 Å². The van der Waals surface area contributed by atoms with Crippen LogP contribution < -0.4 is 5.73 Å². The third kappa shape index (κ3) is 3.15. The van der Waals surface area contributed by atoms with Gasteiger partial charge in [0, 0.05) is 15.1 Å². The molecule has 1 aliphatic heterocycles. The van der Waals surface area contributed by atoms with Crippen molar-refractivity contribution in [1.29, 1.82) is 0 Å². The number of halogens is 1. The van der Waals surface area contributed by atoms with Crippen LogP contribution in [0.4, 0.5) is 5.69 Å². The van der Waals surface area contributed by atoms with Gasteiger partial charge in [-0.25, -0.2) is 8.42 Å². The van der Waals surface area contributed by atoms with Gasteiger partial charge in [0.1, 0.15) is 0 Å². The number of hydrogen-bond donors (Lipinski definition) is 2. The first-order valence-corrected chi connectivity index (χ1v) is 8.47. The van der Waals surface area contributed by atoms with Crippen LogP contribution >= 0.6 is 27.7 Å². The molecule has 2 unspecified atom stereocenters. The second-order valence-corrected chi connectivity index (χ2v) is 8.33. The molecule has 1 aromatic carbocycles. The molecule has 94 valence electrons. The quantitative estimate of drug-likeness (QED) is 0.794. The third-order valence-electron chi connectivity index (χ3n) is 2.52. The van der Waals surface area contributed by atoms with Gasteiger partial charge in [-0.2, -0.15) is 0 Å². The third-order valence-corrected chi connectivity index (χ3v) is 6.35. The molecule has 7 heteroatoms. The van der Waals surface area contributed by atoms with E-state index in [0.717, 1.165) is 9.37 Å². The number of benzene rings is 1. The molecule has 0 spiro atoms. The molecule has 1 aliphatic rings. The van der Waals surface area contributed by atoms with E-state index in [0.29, 0.717) is 5.69 Å². The monoisotopic (exact) mass is 337 g/mol. The molecule has 0 radical (unpaired) electrons. The van der Waals surface area contributed by atoms with Crippen molar-refractivity contribution in [3.8, 4) is 0 Å². The smallest absolute Gasteiger partial charge is 0.154 e. The molecule has 3 N–H and O–H groups in total. The number of nitrogen functional groups attached to an aromatic ring is 1. The summed E-state index contributed by atoms with van der Waals surface area (Å²) in [5, 5.41) is 9.35. The van der Waals surface area contributed by atoms with E-state index in [1.54, 1.807) is 6.07 Å². The maximum Gasteiger partial charge on any atom is 0.154 e. The number of sulfone groups is 1. The summed E-state index contributed by atoms with van der Waals surface area (Å²) in [5.41, 5.74) is 6.41. The fraction of sp³-hybridized carbons (Fsp3) is 0.400. The number of nitrogens with two attached hydrogens (primary N) is 1. The summed E-state index contributed by atoms with van der Waals surface area (Å²) in [6.07, 6.45) is -0.812. The SMILES string of the molecule is Nc1cc(Br)ccc1SC1CS(=O)(=O)CC1O. The molecule has 4 nitrogen and oxygen atoms in total. The highest BCUT2D eigenvalue weighted by atomic mass is 79.9. The molecule has 2 rings (SSSR count). The Morgan fingerprint density at radius 3 is 2.65 bits per heavy atom. The number of rotatable bonds is 2. The summed E-state index contributed by atoms with van der Waals surface area (Å²) in [6.45, 7) is 0. The van der Waals surface area contributed by atoms with E-state index >= 15 is 0 Å². The molecule has 1 saturated heterocycles. The number of aliphatic hydroxyl groups is 1. The largest absolute Gasteiger partial charge is 0.398 e. The van der Waals surface area contributed by atoms with Gasteiger partial charge >= 0.3 is 0 Å². The number of thioether (sulfide) groups is 1. The predicted octanol–water partition coefficient (Wildman–Crippen LogP) is 1.28. The van der Waals surface area contributed by atoms with Crippen molar-refractivity contribution in [3.05, 3.63) is 22.7 Å². The van der Waals surface area contributed by atoms with Gasteiger partial charge < -0.3 is 10.8 Å². The van der Waals surface area contributed by atoms with Crippen LogP contribution in [-0.2, 0) is 9.84 Å². The number of aliphatic hydroxyl groups excluding tert-OH is 1. The standard InChI is InChI=1S/C10H12BrNO3S2/c11-6-1-2-9(7(12)3-6)16-10-5-17(14,15)4-8(10)13/h1-3,8,10,13H,4-5,12H2. The first-order chi connectivity index (χ1) is 7.87. The van der Waals surface area contributed by atoms with Gasteiger partial charge in [-0.1, -0.05) is 15.9 Å². The molecule has 17 heavy (non-hydrogen) atoms. The normalized spacial score (nSPS) is 27.2. The lowest BCUT2D eigenvalue weighted by molar-refractivity contribution is 0.207. The Bertz CT molecular complexity index is 532. The van der Waals surface area contributed by atoms with Gasteiger partial charge in [-0.05, 0) is 18.2 Å². The maximum absolute atomic E-state index is 11.4. The zero-order valence-electron chi connectivity index (χ0n) is 8.84. The summed E-state index contributed by atoms with van der Waals surface area (Å²) in [6, 6.07) is 5.43. The lowest BCUT2D eigenvalue weighted by Crippen LogP contribution is -2.20. The van der Waals surface area contributed by atoms with Crippen molar-refractivity contribution < 1.29 is 13.5 Å². The number of hydrogen-bond acceptors (Lipinski definition) is 5. The lowest BCUT2D eigenvalue weighted by Gasteiger charge is -2.13. The summed E-state index contributed by atoms with van der Waals surface area (Å²) < 4.78 is 23.6. The highest BCUT2D eigenvalue weighted by Crippen LogP contribution is 2.35. The second-order valence-electron chi connectivity index (χ2n) is 3.98. The van der Waals surface area contributed by atoms with Crippen LogP contribution in [0.2, 0.25) is 0 Å². The van der Waals surface area contributed by atoms with E-state index in [2.05, 4.69) is 15.9 Å². The Kier molecular flexibility index (Phi) is 3.72. The Morgan fingerprint density at radius 2 is 2.12 bits per heavy atom. The molecule has 0 aromatic heterocycles. The summed E-state index contributed by atoms with van der Waals surface area (Å²) in [4.78, 5) is 0.800. The summed E-state index contributed by atoms with van der Waals surface area (Å²) in [5.74, 6) is -0.143. The van der Waals surface area contributed by atoms with Gasteiger partial charge in [-0.15, -0.1) is 11.8 Å². The highest BCUT2D eigenvalue weighted by molar-refractivity contribution is 9.10. The van der Waals surface area contributed by atoms with E-state index in [9.17, 15) is 13.5 Å². The Morgan fingerprint density at radius 1 is 1.41 bits per heavy atom. The average molecular weight is 338 g/mol. The Labute approximate surface area is 113 Å². The van der Waals surface area contributed by atoms with Gasteiger partial charge in [0.05, 0.1) is 22.9 Å². The van der Waals surface area contributed by atoms with Crippen LogP contribution in [0.15, 0.2) is 27.6 Å². The van der Waals surface area contributed by atoms with Gasteiger partial charge in [0.2, 0.25) is 0 Å². The van der Waals surface area contributed by atoms with Crippen LogP contribution in [0.5, 0.6) is 0 Å². The maximum atomic E-state index is 11.4. The molecule has 0 aliphatic carbocycles. The molecular weight excluding hydrogens is 326 g/mol. The highest BCUT2D eigenvalue weighted by Gasteiger charge is 2.37. The molecule has 2 atom stereocenters. The first-order valence-electron chi connectivity index (χ1n) is 4.97. The molecule has 1 aromatic rings. The van der Waals surface area contributed by atoms with Gasteiger partial charge in [0.25, 0.3) is 0 Å².